The number of nitrogens with zero attached hydrogens (tertiary/aromatic N) is 3. The van der Waals surface area contributed by atoms with Crippen LogP contribution in [0.15, 0.2) is 60.7 Å². The van der Waals surface area contributed by atoms with E-state index < -0.39 is 6.10 Å². The monoisotopic (exact) mass is 395 g/mol. The van der Waals surface area contributed by atoms with E-state index >= 15 is 0 Å². The van der Waals surface area contributed by atoms with Crippen molar-refractivity contribution < 1.29 is 9.84 Å². The molecule has 0 amide bonds. The summed E-state index contributed by atoms with van der Waals surface area (Å²) in [6.45, 7) is 2.31. The van der Waals surface area contributed by atoms with Crippen molar-refractivity contribution in [1.82, 2.24) is 15.1 Å². The normalized spacial score (nSPS) is 15.1. The van der Waals surface area contributed by atoms with Crippen molar-refractivity contribution in [3.63, 3.8) is 0 Å². The maximum Gasteiger partial charge on any atom is 0.152 e. The van der Waals surface area contributed by atoms with Gasteiger partial charge in [-0.25, -0.2) is 0 Å². The van der Waals surface area contributed by atoms with Crippen LogP contribution in [0.5, 0.6) is 5.75 Å². The van der Waals surface area contributed by atoms with E-state index in [1.165, 1.54) is 5.56 Å². The topological polar surface area (TPSA) is 58.5 Å². The molecule has 6 heteroatoms. The van der Waals surface area contributed by atoms with Gasteiger partial charge in [0.1, 0.15) is 18.5 Å². The van der Waals surface area contributed by atoms with E-state index in [1.807, 2.05) is 48.5 Å². The Bertz CT molecular complexity index is 919. The Morgan fingerprint density at radius 2 is 1.79 bits per heavy atom. The van der Waals surface area contributed by atoms with Crippen LogP contribution in [0.1, 0.15) is 11.3 Å². The molecule has 1 aliphatic heterocycles. The zero-order valence-corrected chi connectivity index (χ0v) is 16.2. The molecule has 1 unspecified atom stereocenters. The predicted octanol–water partition coefficient (Wildman–Crippen LogP) is 3.60. The number of ether oxygens (including phenoxy) is 1. The second kappa shape index (κ2) is 8.69. The molecule has 1 atom stereocenters. The van der Waals surface area contributed by atoms with Gasteiger partial charge in [-0.2, -0.15) is 5.10 Å². The lowest BCUT2D eigenvalue weighted by atomic mass is 10.1. The van der Waals surface area contributed by atoms with Crippen molar-refractivity contribution in [1.29, 1.82) is 0 Å². The minimum absolute atomic E-state index is 0.250. The summed E-state index contributed by atoms with van der Waals surface area (Å²) >= 11 is 5.90. The van der Waals surface area contributed by atoms with Crippen LogP contribution in [0.3, 0.4) is 0 Å². The molecular weight excluding hydrogens is 374 g/mol. The van der Waals surface area contributed by atoms with Gasteiger partial charge in [0.2, 0.25) is 0 Å². The first-order chi connectivity index (χ1) is 13.7. The summed E-state index contributed by atoms with van der Waals surface area (Å²) in [5, 5.41) is 18.9. The highest BCUT2D eigenvalue weighted by atomic mass is 35.5. The fourth-order valence-corrected chi connectivity index (χ4v) is 3.59. The highest BCUT2D eigenvalue weighted by Crippen LogP contribution is 2.22. The molecule has 1 aliphatic rings. The summed E-state index contributed by atoms with van der Waals surface area (Å²) < 4.78 is 5.76. The summed E-state index contributed by atoms with van der Waals surface area (Å²) in [5.74, 6) is 0.753. The molecule has 0 fully saturated rings. The van der Waals surface area contributed by atoms with Crippen LogP contribution in [0.4, 0.5) is 0 Å². The molecule has 0 aliphatic carbocycles. The van der Waals surface area contributed by atoms with Gasteiger partial charge in [0.25, 0.3) is 0 Å². The molecule has 2 aromatic carbocycles. The molecule has 28 heavy (non-hydrogen) atoms. The Labute approximate surface area is 169 Å². The number of aliphatic hydroxyl groups is 1. The van der Waals surface area contributed by atoms with Gasteiger partial charge in [0.05, 0.1) is 5.69 Å². The van der Waals surface area contributed by atoms with E-state index in [9.17, 15) is 5.11 Å². The van der Waals surface area contributed by atoms with Crippen LogP contribution < -0.4 is 4.74 Å². The summed E-state index contributed by atoms with van der Waals surface area (Å²) in [6.07, 6.45) is 0.287. The van der Waals surface area contributed by atoms with E-state index in [0.29, 0.717) is 18.2 Å². The summed E-state index contributed by atoms with van der Waals surface area (Å²) in [4.78, 5) is 2.16. The van der Waals surface area contributed by atoms with E-state index in [1.54, 1.807) is 0 Å². The third kappa shape index (κ3) is 4.68. The minimum atomic E-state index is -0.574. The fraction of sp³-hybridized carbons (Fsp3) is 0.273. The number of halogens is 1. The molecule has 3 aromatic rings. The average Bonchev–Trinajstić information content (AvgIpc) is 2.73. The number of β-amino-alcohol motifs (C(OH)–C–C–N with tert-alkyl or cyclic N) is 1. The van der Waals surface area contributed by atoms with Crippen molar-refractivity contribution in [3.05, 3.63) is 77.1 Å². The molecule has 0 saturated heterocycles. The van der Waals surface area contributed by atoms with Gasteiger partial charge in [-0.15, -0.1) is 5.10 Å². The number of rotatable bonds is 6. The second-order valence-electron chi connectivity index (χ2n) is 6.98. The van der Waals surface area contributed by atoms with Crippen molar-refractivity contribution in [2.24, 2.45) is 0 Å². The van der Waals surface area contributed by atoms with E-state index in [2.05, 4.69) is 27.2 Å². The number of hydrogen-bond donors (Lipinski definition) is 1. The Hall–Kier alpha value is -2.47. The number of aromatic nitrogens is 2. The molecule has 1 N–H and O–H groups in total. The first-order valence-electron chi connectivity index (χ1n) is 9.37. The van der Waals surface area contributed by atoms with Crippen LogP contribution in [0, 0.1) is 0 Å². The fourth-order valence-electron chi connectivity index (χ4n) is 3.42. The smallest absolute Gasteiger partial charge is 0.152 e. The standard InChI is InChI=1S/C22H22ClN3O2/c23-22-12-18-10-11-26(14-21(18)24-25-22)13-19(27)15-28-20-8-6-17(7-9-20)16-4-2-1-3-5-16/h1-9,12,19,27H,10-11,13-15H2. The summed E-state index contributed by atoms with van der Waals surface area (Å²) in [7, 11) is 0. The Morgan fingerprint density at radius 3 is 2.57 bits per heavy atom. The van der Waals surface area contributed by atoms with Crippen LogP contribution in [-0.4, -0.2) is 46.0 Å². The Balaban J connectivity index is 1.28. The maximum atomic E-state index is 10.4. The van der Waals surface area contributed by atoms with Crippen LogP contribution >= 0.6 is 11.6 Å². The van der Waals surface area contributed by atoms with Crippen LogP contribution in [-0.2, 0) is 13.0 Å². The lowest BCUT2D eigenvalue weighted by molar-refractivity contribution is 0.0631. The van der Waals surface area contributed by atoms with Gasteiger partial charge in [-0.1, -0.05) is 54.1 Å². The molecule has 0 saturated carbocycles. The first kappa shape index (κ1) is 18.9. The number of benzene rings is 2. The lowest BCUT2D eigenvalue weighted by Gasteiger charge is -2.29. The zero-order chi connectivity index (χ0) is 19.3. The molecule has 2 heterocycles. The van der Waals surface area contributed by atoms with Gasteiger partial charge < -0.3 is 9.84 Å². The molecular formula is C22H22ClN3O2. The molecule has 4 rings (SSSR count). The SMILES string of the molecule is OC(COc1ccc(-c2ccccc2)cc1)CN1CCc2cc(Cl)nnc2C1. The average molecular weight is 396 g/mol. The lowest BCUT2D eigenvalue weighted by Crippen LogP contribution is -2.39. The van der Waals surface area contributed by atoms with Crippen molar-refractivity contribution in [2.75, 3.05) is 19.7 Å². The zero-order valence-electron chi connectivity index (χ0n) is 15.5. The van der Waals surface area contributed by atoms with Crippen molar-refractivity contribution >= 4 is 11.6 Å². The molecule has 5 nitrogen and oxygen atoms in total. The molecule has 1 aromatic heterocycles. The van der Waals surface area contributed by atoms with Gasteiger partial charge in [0, 0.05) is 19.6 Å². The predicted molar refractivity (Wildman–Crippen MR) is 109 cm³/mol. The van der Waals surface area contributed by atoms with Crippen LogP contribution in [0.25, 0.3) is 11.1 Å². The molecule has 0 bridgehead atoms. The van der Waals surface area contributed by atoms with Gasteiger partial charge in [0.15, 0.2) is 5.15 Å². The number of aliphatic hydroxyl groups excluding tert-OH is 1. The first-order valence-corrected chi connectivity index (χ1v) is 9.75. The Morgan fingerprint density at radius 1 is 1.04 bits per heavy atom. The third-order valence-electron chi connectivity index (χ3n) is 4.87. The summed E-state index contributed by atoms with van der Waals surface area (Å²) in [5.41, 5.74) is 4.38. The molecule has 0 spiro atoms. The number of fused-ring (bicyclic) bond motifs is 1. The quantitative estimate of drug-likeness (QED) is 0.691. The van der Waals surface area contributed by atoms with Crippen molar-refractivity contribution in [2.45, 2.75) is 19.1 Å². The van der Waals surface area contributed by atoms with Gasteiger partial charge in [-0.05, 0) is 41.3 Å². The third-order valence-corrected chi connectivity index (χ3v) is 5.06. The molecule has 144 valence electrons. The minimum Gasteiger partial charge on any atom is -0.491 e. The van der Waals surface area contributed by atoms with Crippen LogP contribution in [0.2, 0.25) is 5.15 Å². The van der Waals surface area contributed by atoms with E-state index in [0.717, 1.165) is 35.5 Å². The number of hydrogen-bond acceptors (Lipinski definition) is 5. The Kier molecular flexibility index (Phi) is 5.86. The largest absolute Gasteiger partial charge is 0.491 e. The van der Waals surface area contributed by atoms with Crippen molar-refractivity contribution in [3.8, 4) is 16.9 Å². The highest BCUT2D eigenvalue weighted by Gasteiger charge is 2.20. The van der Waals surface area contributed by atoms with E-state index in [4.69, 9.17) is 16.3 Å². The maximum absolute atomic E-state index is 10.4. The van der Waals surface area contributed by atoms with Gasteiger partial charge >= 0.3 is 0 Å². The molecule has 0 radical (unpaired) electrons. The highest BCUT2D eigenvalue weighted by molar-refractivity contribution is 6.29. The second-order valence-corrected chi connectivity index (χ2v) is 7.37. The summed E-state index contributed by atoms with van der Waals surface area (Å²) in [6, 6.07) is 20.0. The van der Waals surface area contributed by atoms with Gasteiger partial charge in [-0.3, -0.25) is 4.90 Å². The van der Waals surface area contributed by atoms with E-state index in [-0.39, 0.29) is 6.61 Å².